The number of halogens is 1. The van der Waals surface area contributed by atoms with Gasteiger partial charge in [-0.2, -0.15) is 0 Å². The predicted octanol–water partition coefficient (Wildman–Crippen LogP) is 1.65. The number of hydrogen-bond donors (Lipinski definition) is 2. The number of benzene rings is 1. The van der Waals surface area contributed by atoms with Gasteiger partial charge in [0, 0.05) is 12.1 Å². The fourth-order valence-corrected chi connectivity index (χ4v) is 4.68. The fraction of sp³-hybridized carbons (Fsp3) is 0.500. The third-order valence-electron chi connectivity index (χ3n) is 3.68. The lowest BCUT2D eigenvalue weighted by Crippen LogP contribution is -2.40. The molecule has 0 aliphatic heterocycles. The molecule has 2 rings (SSSR count). The number of hydrogen-bond acceptors (Lipinski definition) is 5. The molecule has 7 nitrogen and oxygen atoms in total. The molecule has 0 bridgehead atoms. The van der Waals surface area contributed by atoms with Crippen molar-refractivity contribution in [3.8, 4) is 0 Å². The van der Waals surface area contributed by atoms with Crippen LogP contribution >= 0.6 is 11.6 Å². The molecule has 0 amide bonds. The minimum Gasteiger partial charge on any atom is -0.330 e. The molecule has 0 spiro atoms. The van der Waals surface area contributed by atoms with Gasteiger partial charge in [0.25, 0.3) is 5.69 Å². The van der Waals surface area contributed by atoms with Gasteiger partial charge in [-0.05, 0) is 31.4 Å². The summed E-state index contributed by atoms with van der Waals surface area (Å²) in [6.07, 6.45) is 2.38. The van der Waals surface area contributed by atoms with Gasteiger partial charge in [-0.15, -0.1) is 0 Å². The van der Waals surface area contributed by atoms with E-state index < -0.39 is 25.5 Å². The molecule has 116 valence electrons. The first-order valence-corrected chi connectivity index (χ1v) is 8.38. The summed E-state index contributed by atoms with van der Waals surface area (Å²) in [4.78, 5) is 9.77. The summed E-state index contributed by atoms with van der Waals surface area (Å²) in [7, 11) is -4.07. The summed E-state index contributed by atoms with van der Waals surface area (Å²) in [6.45, 7) is 0.373. The molecule has 0 saturated heterocycles. The van der Waals surface area contributed by atoms with Crippen molar-refractivity contribution in [2.24, 2.45) is 11.7 Å². The van der Waals surface area contributed by atoms with Crippen LogP contribution in [0.4, 0.5) is 5.69 Å². The van der Waals surface area contributed by atoms with E-state index in [1.807, 2.05) is 0 Å². The van der Waals surface area contributed by atoms with E-state index in [-0.39, 0.29) is 17.0 Å². The minimum atomic E-state index is -4.07. The molecule has 2 atom stereocenters. The van der Waals surface area contributed by atoms with Crippen LogP contribution in [-0.2, 0) is 10.0 Å². The zero-order valence-electron chi connectivity index (χ0n) is 11.2. The molecule has 1 fully saturated rings. The summed E-state index contributed by atoms with van der Waals surface area (Å²) in [6, 6.07) is 3.47. The van der Waals surface area contributed by atoms with E-state index in [0.717, 1.165) is 18.9 Å². The Labute approximate surface area is 127 Å². The third-order valence-corrected chi connectivity index (χ3v) is 5.69. The van der Waals surface area contributed by atoms with Crippen molar-refractivity contribution in [2.75, 3.05) is 6.54 Å². The number of nitro groups is 1. The van der Waals surface area contributed by atoms with Crippen LogP contribution in [0.15, 0.2) is 23.1 Å². The topological polar surface area (TPSA) is 115 Å². The lowest BCUT2D eigenvalue weighted by Gasteiger charge is -2.19. The molecule has 1 aromatic carbocycles. The quantitative estimate of drug-likeness (QED) is 0.628. The molecule has 0 aromatic heterocycles. The van der Waals surface area contributed by atoms with Gasteiger partial charge in [0.2, 0.25) is 10.0 Å². The van der Waals surface area contributed by atoms with Crippen LogP contribution in [-0.4, -0.2) is 25.9 Å². The second-order valence-electron chi connectivity index (χ2n) is 5.00. The Balaban J connectivity index is 2.38. The van der Waals surface area contributed by atoms with Gasteiger partial charge >= 0.3 is 0 Å². The summed E-state index contributed by atoms with van der Waals surface area (Å²) in [5, 5.41) is 10.8. The maximum absolute atomic E-state index is 12.5. The van der Waals surface area contributed by atoms with Crippen molar-refractivity contribution in [3.63, 3.8) is 0 Å². The number of nitro benzene ring substituents is 1. The van der Waals surface area contributed by atoms with E-state index in [0.29, 0.717) is 13.0 Å². The van der Waals surface area contributed by atoms with Crippen LogP contribution in [0.5, 0.6) is 0 Å². The van der Waals surface area contributed by atoms with E-state index in [1.165, 1.54) is 12.1 Å². The number of sulfonamides is 1. The molecule has 9 heteroatoms. The van der Waals surface area contributed by atoms with E-state index in [1.54, 1.807) is 0 Å². The standard InChI is InChI=1S/C12H16ClN3O4S/c13-9-4-2-6-11(16(17)18)12(9)21(19,20)15-10-5-1-3-8(10)7-14/h2,4,6,8,10,15H,1,3,5,7,14H2. The van der Waals surface area contributed by atoms with Crippen LogP contribution in [0.25, 0.3) is 0 Å². The van der Waals surface area contributed by atoms with Gasteiger partial charge < -0.3 is 5.73 Å². The summed E-state index contributed by atoms with van der Waals surface area (Å²) >= 11 is 5.87. The first kappa shape index (κ1) is 16.2. The molecular formula is C12H16ClN3O4S. The highest BCUT2D eigenvalue weighted by atomic mass is 35.5. The summed E-state index contributed by atoms with van der Waals surface area (Å²) in [5.41, 5.74) is 5.09. The smallest absolute Gasteiger partial charge is 0.290 e. The highest BCUT2D eigenvalue weighted by molar-refractivity contribution is 7.89. The maximum Gasteiger partial charge on any atom is 0.290 e. The molecule has 0 heterocycles. The Kier molecular flexibility index (Phi) is 4.82. The Hall–Kier alpha value is -1.22. The van der Waals surface area contributed by atoms with Crippen molar-refractivity contribution >= 4 is 27.3 Å². The van der Waals surface area contributed by atoms with Crippen molar-refractivity contribution < 1.29 is 13.3 Å². The SMILES string of the molecule is NCC1CCCC1NS(=O)(=O)c1c(Cl)cccc1[N+](=O)[O-]. The van der Waals surface area contributed by atoms with Crippen molar-refractivity contribution in [3.05, 3.63) is 33.3 Å². The minimum absolute atomic E-state index is 0.0429. The van der Waals surface area contributed by atoms with Gasteiger partial charge in [0.15, 0.2) is 4.90 Å². The summed E-state index contributed by atoms with van der Waals surface area (Å²) < 4.78 is 27.4. The van der Waals surface area contributed by atoms with Gasteiger partial charge in [0.1, 0.15) is 0 Å². The van der Waals surface area contributed by atoms with Gasteiger partial charge in [-0.25, -0.2) is 13.1 Å². The first-order chi connectivity index (χ1) is 9.86. The second kappa shape index (κ2) is 6.27. The number of nitrogens with two attached hydrogens (primary N) is 1. The molecule has 21 heavy (non-hydrogen) atoms. The Bertz CT molecular complexity index is 650. The van der Waals surface area contributed by atoms with Crippen molar-refractivity contribution in [1.29, 1.82) is 0 Å². The maximum atomic E-state index is 12.5. The largest absolute Gasteiger partial charge is 0.330 e. The monoisotopic (exact) mass is 333 g/mol. The third kappa shape index (κ3) is 3.34. The predicted molar refractivity (Wildman–Crippen MR) is 78.6 cm³/mol. The van der Waals surface area contributed by atoms with Crippen LogP contribution in [0.3, 0.4) is 0 Å². The molecule has 3 N–H and O–H groups in total. The first-order valence-electron chi connectivity index (χ1n) is 6.52. The fourth-order valence-electron chi connectivity index (χ4n) is 2.64. The molecule has 1 aliphatic rings. The Morgan fingerprint density at radius 3 is 2.76 bits per heavy atom. The van der Waals surface area contributed by atoms with Crippen LogP contribution < -0.4 is 10.5 Å². The Morgan fingerprint density at radius 2 is 2.14 bits per heavy atom. The van der Waals surface area contributed by atoms with E-state index >= 15 is 0 Å². The Morgan fingerprint density at radius 1 is 1.43 bits per heavy atom. The van der Waals surface area contributed by atoms with Gasteiger partial charge in [-0.1, -0.05) is 24.1 Å². The highest BCUT2D eigenvalue weighted by Gasteiger charge is 2.34. The number of nitrogens with one attached hydrogen (secondary N) is 1. The van der Waals surface area contributed by atoms with E-state index in [9.17, 15) is 18.5 Å². The average molecular weight is 334 g/mol. The second-order valence-corrected chi connectivity index (χ2v) is 7.06. The molecule has 0 radical (unpaired) electrons. The molecule has 1 saturated carbocycles. The zero-order valence-corrected chi connectivity index (χ0v) is 12.7. The van der Waals surface area contributed by atoms with E-state index in [2.05, 4.69) is 4.72 Å². The van der Waals surface area contributed by atoms with Crippen LogP contribution in [0.1, 0.15) is 19.3 Å². The van der Waals surface area contributed by atoms with Crippen molar-refractivity contribution in [2.45, 2.75) is 30.2 Å². The van der Waals surface area contributed by atoms with E-state index in [4.69, 9.17) is 17.3 Å². The van der Waals surface area contributed by atoms with Crippen molar-refractivity contribution in [1.82, 2.24) is 4.72 Å². The van der Waals surface area contributed by atoms with Gasteiger partial charge in [0.05, 0.1) is 9.95 Å². The number of rotatable bonds is 5. The number of nitrogens with zero attached hydrogens (tertiary/aromatic N) is 1. The molecule has 1 aromatic rings. The highest BCUT2D eigenvalue weighted by Crippen LogP contribution is 2.33. The lowest BCUT2D eigenvalue weighted by molar-refractivity contribution is -0.387. The normalized spacial score (nSPS) is 22.4. The molecular weight excluding hydrogens is 318 g/mol. The van der Waals surface area contributed by atoms with Gasteiger partial charge in [-0.3, -0.25) is 10.1 Å². The molecule has 1 aliphatic carbocycles. The molecule has 2 unspecified atom stereocenters. The van der Waals surface area contributed by atoms with Crippen LogP contribution in [0, 0.1) is 16.0 Å². The zero-order chi connectivity index (χ0) is 15.6. The average Bonchev–Trinajstić information content (AvgIpc) is 2.84. The van der Waals surface area contributed by atoms with Crippen LogP contribution in [0.2, 0.25) is 5.02 Å². The summed E-state index contributed by atoms with van der Waals surface area (Å²) in [5.74, 6) is 0.0429. The lowest BCUT2D eigenvalue weighted by atomic mass is 10.1.